The monoisotopic (exact) mass is 503 g/mol. The van der Waals surface area contributed by atoms with Crippen molar-refractivity contribution in [1.82, 2.24) is 20.2 Å². The molecule has 2 fully saturated rings. The highest BCUT2D eigenvalue weighted by Crippen LogP contribution is 2.43. The molecule has 7 nitrogen and oxygen atoms in total. The van der Waals surface area contributed by atoms with E-state index in [-0.39, 0.29) is 23.3 Å². The predicted octanol–water partition coefficient (Wildman–Crippen LogP) is 4.27. The SMILES string of the molecule is C=CCC(C)(C)NCC(C(=O)N1CCN(c2ncnc3c2C(C)CC3O)CC1)c1ccc(C2CC2)cc1. The smallest absolute Gasteiger partial charge is 0.231 e. The number of aliphatic hydroxyl groups is 1. The first-order chi connectivity index (χ1) is 17.8. The summed E-state index contributed by atoms with van der Waals surface area (Å²) in [6, 6.07) is 8.74. The number of carbonyl (C=O) groups excluding carboxylic acids is 1. The molecule has 3 atom stereocenters. The maximum absolute atomic E-state index is 13.9. The van der Waals surface area contributed by atoms with Gasteiger partial charge in [-0.3, -0.25) is 4.79 Å². The Bertz CT molecular complexity index is 1120. The average molecular weight is 504 g/mol. The molecule has 1 saturated carbocycles. The second-order valence-corrected chi connectivity index (χ2v) is 11.7. The lowest BCUT2D eigenvalue weighted by molar-refractivity contribution is -0.133. The predicted molar refractivity (Wildman–Crippen MR) is 147 cm³/mol. The topological polar surface area (TPSA) is 81.6 Å². The summed E-state index contributed by atoms with van der Waals surface area (Å²) in [6.07, 6.45) is 7.05. The zero-order valence-corrected chi connectivity index (χ0v) is 22.5. The second-order valence-electron chi connectivity index (χ2n) is 11.7. The number of aromatic nitrogens is 2. The van der Waals surface area contributed by atoms with Crippen LogP contribution in [-0.4, -0.2) is 64.1 Å². The Labute approximate surface area is 221 Å². The Morgan fingerprint density at radius 1 is 1.19 bits per heavy atom. The van der Waals surface area contributed by atoms with Crippen molar-refractivity contribution in [1.29, 1.82) is 0 Å². The fourth-order valence-electron chi connectivity index (χ4n) is 5.89. The minimum absolute atomic E-state index is 0.123. The molecular formula is C30H41N5O2. The van der Waals surface area contributed by atoms with Gasteiger partial charge < -0.3 is 20.2 Å². The summed E-state index contributed by atoms with van der Waals surface area (Å²) in [5.41, 5.74) is 4.17. The number of rotatable bonds is 9. The molecule has 1 amide bonds. The van der Waals surface area contributed by atoms with Crippen molar-refractivity contribution in [3.8, 4) is 0 Å². The maximum Gasteiger partial charge on any atom is 0.231 e. The van der Waals surface area contributed by atoms with Crippen molar-refractivity contribution in [3.63, 3.8) is 0 Å². The van der Waals surface area contributed by atoms with E-state index < -0.39 is 6.10 Å². The molecule has 0 radical (unpaired) electrons. The molecule has 1 aromatic heterocycles. The highest BCUT2D eigenvalue weighted by molar-refractivity contribution is 5.84. The third-order valence-electron chi connectivity index (χ3n) is 8.29. The Balaban J connectivity index is 1.30. The molecule has 1 aliphatic heterocycles. The minimum atomic E-state index is -0.514. The molecule has 198 valence electrons. The lowest BCUT2D eigenvalue weighted by atomic mass is 9.93. The van der Waals surface area contributed by atoms with Gasteiger partial charge in [-0.25, -0.2) is 9.97 Å². The number of nitrogens with one attached hydrogen (secondary N) is 1. The van der Waals surface area contributed by atoms with Crippen LogP contribution in [0.3, 0.4) is 0 Å². The van der Waals surface area contributed by atoms with Crippen LogP contribution in [0.5, 0.6) is 0 Å². The normalized spacial score (nSPS) is 22.6. The Kier molecular flexibility index (Phi) is 7.37. The highest BCUT2D eigenvalue weighted by atomic mass is 16.3. The van der Waals surface area contributed by atoms with E-state index in [2.05, 4.69) is 71.8 Å². The van der Waals surface area contributed by atoms with Gasteiger partial charge in [0.2, 0.25) is 5.91 Å². The van der Waals surface area contributed by atoms with E-state index in [1.54, 1.807) is 6.33 Å². The largest absolute Gasteiger partial charge is 0.387 e. The van der Waals surface area contributed by atoms with Crippen molar-refractivity contribution in [2.75, 3.05) is 37.6 Å². The molecule has 37 heavy (non-hydrogen) atoms. The Morgan fingerprint density at radius 3 is 2.54 bits per heavy atom. The van der Waals surface area contributed by atoms with E-state index in [0.29, 0.717) is 32.0 Å². The van der Waals surface area contributed by atoms with Gasteiger partial charge in [-0.2, -0.15) is 0 Å². The van der Waals surface area contributed by atoms with E-state index in [1.165, 1.54) is 18.4 Å². The average Bonchev–Trinajstić information content (AvgIpc) is 3.70. The number of carbonyl (C=O) groups is 1. The molecule has 0 spiro atoms. The van der Waals surface area contributed by atoms with E-state index in [9.17, 15) is 9.90 Å². The van der Waals surface area contributed by atoms with E-state index in [1.807, 2.05) is 11.0 Å². The lowest BCUT2D eigenvalue weighted by Gasteiger charge is -2.38. The number of piperazine rings is 1. The Hall–Kier alpha value is -2.77. The van der Waals surface area contributed by atoms with Crippen molar-refractivity contribution in [2.45, 2.75) is 75.9 Å². The van der Waals surface area contributed by atoms with Crippen LogP contribution in [0, 0.1) is 0 Å². The molecule has 5 rings (SSSR count). The van der Waals surface area contributed by atoms with Crippen molar-refractivity contribution >= 4 is 11.7 Å². The van der Waals surface area contributed by atoms with Gasteiger partial charge in [0.1, 0.15) is 12.1 Å². The van der Waals surface area contributed by atoms with Gasteiger partial charge in [-0.05, 0) is 62.5 Å². The van der Waals surface area contributed by atoms with Crippen LogP contribution in [-0.2, 0) is 4.79 Å². The van der Waals surface area contributed by atoms with Gasteiger partial charge in [-0.15, -0.1) is 6.58 Å². The zero-order valence-electron chi connectivity index (χ0n) is 22.5. The molecule has 3 unspecified atom stereocenters. The second kappa shape index (κ2) is 10.5. The standard InChI is InChI=1S/C30H41N5O2/c1-5-12-30(3,4)33-18-24(23-10-8-22(9-11-23)21-6-7-21)29(37)35-15-13-34(14-16-35)28-26-20(2)17-25(36)27(26)31-19-32-28/h5,8-11,19-21,24-25,33,36H,1,6-7,12-18H2,2-4H3. The Morgan fingerprint density at radius 2 is 1.89 bits per heavy atom. The first-order valence-electron chi connectivity index (χ1n) is 13.8. The molecule has 1 aromatic carbocycles. The fraction of sp³-hybridized carbons (Fsp3) is 0.567. The highest BCUT2D eigenvalue weighted by Gasteiger charge is 2.35. The zero-order chi connectivity index (χ0) is 26.2. The molecule has 2 aliphatic carbocycles. The number of benzene rings is 1. The van der Waals surface area contributed by atoms with Crippen LogP contribution in [0.1, 0.15) is 92.7 Å². The number of aliphatic hydroxyl groups excluding tert-OH is 1. The number of anilines is 1. The molecule has 3 aliphatic rings. The molecule has 2 aromatic rings. The summed E-state index contributed by atoms with van der Waals surface area (Å²) >= 11 is 0. The van der Waals surface area contributed by atoms with E-state index >= 15 is 0 Å². The quantitative estimate of drug-likeness (QED) is 0.498. The first kappa shape index (κ1) is 25.9. The van der Waals surface area contributed by atoms with Crippen LogP contribution in [0.4, 0.5) is 5.82 Å². The third kappa shape index (κ3) is 5.58. The van der Waals surface area contributed by atoms with Gasteiger partial charge in [-0.1, -0.05) is 37.3 Å². The summed E-state index contributed by atoms with van der Waals surface area (Å²) in [5.74, 6) is 1.79. The lowest BCUT2D eigenvalue weighted by Crippen LogP contribution is -2.52. The van der Waals surface area contributed by atoms with Gasteiger partial charge in [0.05, 0.1) is 17.7 Å². The van der Waals surface area contributed by atoms with E-state index in [4.69, 9.17) is 0 Å². The summed E-state index contributed by atoms with van der Waals surface area (Å²) in [5, 5.41) is 14.0. The summed E-state index contributed by atoms with van der Waals surface area (Å²) in [7, 11) is 0. The van der Waals surface area contributed by atoms with Gasteiger partial charge in [0.25, 0.3) is 0 Å². The van der Waals surface area contributed by atoms with Gasteiger partial charge >= 0.3 is 0 Å². The molecule has 1 saturated heterocycles. The summed E-state index contributed by atoms with van der Waals surface area (Å²) in [4.78, 5) is 27.1. The van der Waals surface area contributed by atoms with Gasteiger partial charge in [0, 0.05) is 43.8 Å². The molecule has 7 heteroatoms. The van der Waals surface area contributed by atoms with Crippen molar-refractivity contribution in [2.24, 2.45) is 0 Å². The van der Waals surface area contributed by atoms with Crippen molar-refractivity contribution in [3.05, 3.63) is 65.6 Å². The van der Waals surface area contributed by atoms with Crippen LogP contribution in [0.2, 0.25) is 0 Å². The fourth-order valence-corrected chi connectivity index (χ4v) is 5.89. The van der Waals surface area contributed by atoms with Gasteiger partial charge in [0.15, 0.2) is 0 Å². The maximum atomic E-state index is 13.9. The summed E-state index contributed by atoms with van der Waals surface area (Å²) < 4.78 is 0. The van der Waals surface area contributed by atoms with Crippen LogP contribution in [0.15, 0.2) is 43.2 Å². The number of amides is 1. The number of nitrogens with zero attached hydrogens (tertiary/aromatic N) is 4. The molecule has 2 heterocycles. The van der Waals surface area contributed by atoms with Crippen LogP contribution in [0.25, 0.3) is 0 Å². The molecule has 0 bridgehead atoms. The van der Waals surface area contributed by atoms with Crippen LogP contribution < -0.4 is 10.2 Å². The number of hydrogen-bond acceptors (Lipinski definition) is 6. The summed E-state index contributed by atoms with van der Waals surface area (Å²) in [6.45, 7) is 13.7. The molecule has 2 N–H and O–H groups in total. The van der Waals surface area contributed by atoms with Crippen LogP contribution >= 0.6 is 0 Å². The first-order valence-corrected chi connectivity index (χ1v) is 13.8. The third-order valence-corrected chi connectivity index (χ3v) is 8.29. The number of fused-ring (bicyclic) bond motifs is 1. The van der Waals surface area contributed by atoms with Crippen molar-refractivity contribution < 1.29 is 9.90 Å². The minimum Gasteiger partial charge on any atom is -0.387 e. The molecular weight excluding hydrogens is 462 g/mol. The van der Waals surface area contributed by atoms with E-state index in [0.717, 1.165) is 42.1 Å². The number of hydrogen-bond donors (Lipinski definition) is 2.